The van der Waals surface area contributed by atoms with Gasteiger partial charge in [-0.1, -0.05) is 22.0 Å². The molecule has 0 spiro atoms. The van der Waals surface area contributed by atoms with E-state index in [0.29, 0.717) is 5.69 Å². The summed E-state index contributed by atoms with van der Waals surface area (Å²) >= 11 is 4.99. The fraction of sp³-hybridized carbons (Fsp3) is 0.176. The maximum Gasteiger partial charge on any atom is 0.256 e. The lowest BCUT2D eigenvalue weighted by atomic mass is 10.2. The predicted molar refractivity (Wildman–Crippen MR) is 96.9 cm³/mol. The molecule has 1 aliphatic rings. The van der Waals surface area contributed by atoms with Crippen LogP contribution in [0.4, 0.5) is 11.4 Å². The Morgan fingerprint density at radius 1 is 1.17 bits per heavy atom. The van der Waals surface area contributed by atoms with Crippen LogP contribution in [-0.2, 0) is 9.59 Å². The second-order valence-electron chi connectivity index (χ2n) is 5.18. The van der Waals surface area contributed by atoms with Gasteiger partial charge in [0, 0.05) is 15.1 Å². The third-order valence-electron chi connectivity index (χ3n) is 3.64. The minimum atomic E-state index is -0.525. The maximum atomic E-state index is 12.6. The fourth-order valence-electron chi connectivity index (χ4n) is 2.52. The zero-order valence-corrected chi connectivity index (χ0v) is 14.9. The third-order valence-corrected chi connectivity index (χ3v) is 4.90. The molecule has 2 aromatic rings. The number of benzene rings is 2. The zero-order chi connectivity index (χ0) is 16.4. The van der Waals surface area contributed by atoms with Crippen LogP contribution < -0.4 is 10.2 Å². The van der Waals surface area contributed by atoms with Gasteiger partial charge in [0.1, 0.15) is 6.04 Å². The van der Waals surface area contributed by atoms with Crippen molar-refractivity contribution in [2.45, 2.75) is 17.4 Å². The summed E-state index contributed by atoms with van der Waals surface area (Å²) < 4.78 is 0.906. The molecule has 0 unspecified atom stereocenters. The van der Waals surface area contributed by atoms with E-state index in [1.165, 1.54) is 4.90 Å². The van der Waals surface area contributed by atoms with E-state index in [9.17, 15) is 9.59 Å². The van der Waals surface area contributed by atoms with E-state index in [1.807, 2.05) is 42.7 Å². The lowest BCUT2D eigenvalue weighted by Crippen LogP contribution is -2.34. The average molecular weight is 391 g/mol. The SMILES string of the molecule is CSc1cccc(N[C@H]2CC(=O)N(c3ccc(Br)cc3)C2=O)c1. The summed E-state index contributed by atoms with van der Waals surface area (Å²) in [6.45, 7) is 0. The normalized spacial score (nSPS) is 17.7. The largest absolute Gasteiger partial charge is 0.373 e. The average Bonchev–Trinajstić information content (AvgIpc) is 2.83. The van der Waals surface area contributed by atoms with Gasteiger partial charge in [-0.15, -0.1) is 11.8 Å². The highest BCUT2D eigenvalue weighted by atomic mass is 79.9. The number of carbonyl (C=O) groups is 2. The smallest absolute Gasteiger partial charge is 0.256 e. The number of hydrogen-bond donors (Lipinski definition) is 1. The molecule has 2 aromatic carbocycles. The molecular formula is C17H15BrN2O2S. The number of thioether (sulfide) groups is 1. The first-order valence-electron chi connectivity index (χ1n) is 7.11. The lowest BCUT2D eigenvalue weighted by Gasteiger charge is -2.16. The van der Waals surface area contributed by atoms with E-state index in [-0.39, 0.29) is 18.2 Å². The summed E-state index contributed by atoms with van der Waals surface area (Å²) in [5.74, 6) is -0.400. The van der Waals surface area contributed by atoms with Crippen molar-refractivity contribution in [2.24, 2.45) is 0 Å². The molecule has 6 heteroatoms. The number of rotatable bonds is 4. The zero-order valence-electron chi connectivity index (χ0n) is 12.5. The van der Waals surface area contributed by atoms with Gasteiger partial charge in [-0.05, 0) is 48.7 Å². The van der Waals surface area contributed by atoms with Crippen LogP contribution in [0.1, 0.15) is 6.42 Å². The van der Waals surface area contributed by atoms with Crippen LogP contribution in [0.3, 0.4) is 0 Å². The van der Waals surface area contributed by atoms with Crippen molar-refractivity contribution in [3.63, 3.8) is 0 Å². The van der Waals surface area contributed by atoms with Crippen LogP contribution in [0.25, 0.3) is 0 Å². The Morgan fingerprint density at radius 2 is 1.91 bits per heavy atom. The summed E-state index contributed by atoms with van der Waals surface area (Å²) in [4.78, 5) is 27.2. The Labute approximate surface area is 147 Å². The number of halogens is 1. The topological polar surface area (TPSA) is 49.4 Å². The minimum absolute atomic E-state index is 0.165. The maximum absolute atomic E-state index is 12.6. The highest BCUT2D eigenvalue weighted by Crippen LogP contribution is 2.27. The van der Waals surface area contributed by atoms with E-state index < -0.39 is 6.04 Å². The molecule has 0 aromatic heterocycles. The van der Waals surface area contributed by atoms with Crippen LogP contribution in [0.15, 0.2) is 57.9 Å². The summed E-state index contributed by atoms with van der Waals surface area (Å²) in [7, 11) is 0. The van der Waals surface area contributed by atoms with Crippen molar-refractivity contribution in [1.82, 2.24) is 0 Å². The quantitative estimate of drug-likeness (QED) is 0.634. The van der Waals surface area contributed by atoms with Gasteiger partial charge in [-0.2, -0.15) is 0 Å². The molecular weight excluding hydrogens is 376 g/mol. The number of imide groups is 1. The Morgan fingerprint density at radius 3 is 2.61 bits per heavy atom. The van der Waals surface area contributed by atoms with Gasteiger partial charge in [0.05, 0.1) is 12.1 Å². The molecule has 1 aliphatic heterocycles. The number of nitrogens with zero attached hydrogens (tertiary/aromatic N) is 1. The third kappa shape index (κ3) is 3.43. The fourth-order valence-corrected chi connectivity index (χ4v) is 3.24. The molecule has 1 heterocycles. The molecule has 23 heavy (non-hydrogen) atoms. The van der Waals surface area contributed by atoms with Crippen LogP contribution in [0, 0.1) is 0 Å². The van der Waals surface area contributed by atoms with Gasteiger partial charge in [0.25, 0.3) is 5.91 Å². The number of amides is 2. The summed E-state index contributed by atoms with van der Waals surface area (Å²) in [6.07, 6.45) is 2.16. The van der Waals surface area contributed by atoms with Crippen LogP contribution in [0.2, 0.25) is 0 Å². The second kappa shape index (κ2) is 6.76. The predicted octanol–water partition coefficient (Wildman–Crippen LogP) is 3.92. The van der Waals surface area contributed by atoms with Crippen molar-refractivity contribution in [2.75, 3.05) is 16.5 Å². The molecule has 1 saturated heterocycles. The highest BCUT2D eigenvalue weighted by molar-refractivity contribution is 9.10. The van der Waals surface area contributed by atoms with Crippen LogP contribution in [0.5, 0.6) is 0 Å². The number of anilines is 2. The van der Waals surface area contributed by atoms with Crippen molar-refractivity contribution >= 4 is 50.9 Å². The lowest BCUT2D eigenvalue weighted by molar-refractivity contribution is -0.121. The first-order valence-corrected chi connectivity index (χ1v) is 9.13. The van der Waals surface area contributed by atoms with Gasteiger partial charge in [0.2, 0.25) is 5.91 Å². The molecule has 0 radical (unpaired) electrons. The molecule has 0 saturated carbocycles. The van der Waals surface area contributed by atoms with E-state index in [1.54, 1.807) is 23.9 Å². The van der Waals surface area contributed by atoms with E-state index >= 15 is 0 Å². The molecule has 1 N–H and O–H groups in total. The van der Waals surface area contributed by atoms with Crippen molar-refractivity contribution in [3.8, 4) is 0 Å². The monoisotopic (exact) mass is 390 g/mol. The van der Waals surface area contributed by atoms with Crippen molar-refractivity contribution in [3.05, 3.63) is 53.0 Å². The standard InChI is InChI=1S/C17H15BrN2O2S/c1-23-14-4-2-3-12(9-14)19-15-10-16(21)20(17(15)22)13-7-5-11(18)6-8-13/h2-9,15,19H,10H2,1H3/t15-/m0/s1. The Hall–Kier alpha value is -1.79. The van der Waals surface area contributed by atoms with Crippen molar-refractivity contribution < 1.29 is 9.59 Å². The van der Waals surface area contributed by atoms with Crippen molar-refractivity contribution in [1.29, 1.82) is 0 Å². The Balaban J connectivity index is 1.79. The number of carbonyl (C=O) groups excluding carboxylic acids is 2. The molecule has 2 amide bonds. The van der Waals surface area contributed by atoms with Crippen LogP contribution >= 0.6 is 27.7 Å². The van der Waals surface area contributed by atoms with Crippen LogP contribution in [-0.4, -0.2) is 24.1 Å². The van der Waals surface area contributed by atoms with E-state index in [2.05, 4.69) is 21.2 Å². The van der Waals surface area contributed by atoms with Gasteiger partial charge >= 0.3 is 0 Å². The van der Waals surface area contributed by atoms with Gasteiger partial charge in [0.15, 0.2) is 0 Å². The molecule has 4 nitrogen and oxygen atoms in total. The first kappa shape index (κ1) is 16.1. The van der Waals surface area contributed by atoms with Gasteiger partial charge < -0.3 is 5.32 Å². The molecule has 1 atom stereocenters. The van der Waals surface area contributed by atoms with E-state index in [4.69, 9.17) is 0 Å². The number of nitrogens with one attached hydrogen (secondary N) is 1. The first-order chi connectivity index (χ1) is 11.1. The highest BCUT2D eigenvalue weighted by Gasteiger charge is 2.39. The molecule has 0 aliphatic carbocycles. The summed E-state index contributed by atoms with van der Waals surface area (Å²) in [5.41, 5.74) is 1.45. The molecule has 0 bridgehead atoms. The Bertz CT molecular complexity index is 749. The summed E-state index contributed by atoms with van der Waals surface area (Å²) in [5, 5.41) is 3.17. The molecule has 118 valence electrons. The van der Waals surface area contributed by atoms with Gasteiger partial charge in [-0.3, -0.25) is 9.59 Å². The minimum Gasteiger partial charge on any atom is -0.373 e. The number of hydrogen-bond acceptors (Lipinski definition) is 4. The molecule has 1 fully saturated rings. The second-order valence-corrected chi connectivity index (χ2v) is 6.97. The van der Waals surface area contributed by atoms with Gasteiger partial charge in [-0.25, -0.2) is 4.90 Å². The summed E-state index contributed by atoms with van der Waals surface area (Å²) in [6, 6.07) is 14.4. The Kier molecular flexibility index (Phi) is 4.73. The van der Waals surface area contributed by atoms with E-state index in [0.717, 1.165) is 15.1 Å². The molecule has 3 rings (SSSR count).